The number of hydrogen-bond acceptors (Lipinski definition) is 2. The van der Waals surface area contributed by atoms with Gasteiger partial charge >= 0.3 is 0 Å². The highest BCUT2D eigenvalue weighted by Crippen LogP contribution is 2.66. The van der Waals surface area contributed by atoms with Gasteiger partial charge in [0.2, 0.25) is 5.56 Å². The quantitative estimate of drug-likeness (QED) is 0.728. The number of aromatic amines is 1. The third-order valence-corrected chi connectivity index (χ3v) is 3.46. The second kappa shape index (κ2) is 2.61. The summed E-state index contributed by atoms with van der Waals surface area (Å²) in [6.45, 7) is 0. The van der Waals surface area contributed by atoms with Crippen LogP contribution in [0.1, 0.15) is 24.8 Å². The smallest absolute Gasteiger partial charge is 0.248 e. The molecule has 0 radical (unpaired) electrons. The van der Waals surface area contributed by atoms with Crippen molar-refractivity contribution in [3.05, 3.63) is 34.2 Å². The molecule has 14 heavy (non-hydrogen) atoms. The molecule has 3 nitrogen and oxygen atoms in total. The predicted molar refractivity (Wildman–Crippen MR) is 56.8 cm³/mol. The Labute approximate surface area is 88.1 Å². The zero-order valence-electron chi connectivity index (χ0n) is 7.75. The summed E-state index contributed by atoms with van der Waals surface area (Å²) >= 11 is 0. The van der Waals surface area contributed by atoms with Gasteiger partial charge in [0.05, 0.1) is 0 Å². The fourth-order valence-corrected chi connectivity index (χ4v) is 2.95. The number of aromatic nitrogens is 1. The number of hydrogen-bond donors (Lipinski definition) is 2. The molecule has 3 saturated carbocycles. The number of pyridine rings is 1. The lowest BCUT2D eigenvalue weighted by atomic mass is 9.38. The van der Waals surface area contributed by atoms with Gasteiger partial charge in [-0.3, -0.25) is 4.79 Å². The molecule has 0 aliphatic heterocycles. The Kier molecular flexibility index (Phi) is 1.82. The van der Waals surface area contributed by atoms with E-state index in [1.54, 1.807) is 12.3 Å². The van der Waals surface area contributed by atoms with Crippen molar-refractivity contribution in [2.45, 2.75) is 30.2 Å². The molecule has 3 aliphatic rings. The van der Waals surface area contributed by atoms with E-state index < -0.39 is 0 Å². The van der Waals surface area contributed by atoms with Crippen LogP contribution < -0.4 is 11.3 Å². The molecule has 1 aromatic heterocycles. The SMILES string of the molecule is Cl.NC12CC(c3cc[nH]c(=O)c3)(C1)C2. The van der Waals surface area contributed by atoms with Crippen LogP contribution in [0.3, 0.4) is 0 Å². The Bertz CT molecular complexity index is 406. The minimum absolute atomic E-state index is 0. The molecule has 4 heteroatoms. The van der Waals surface area contributed by atoms with Crippen molar-refractivity contribution in [2.75, 3.05) is 0 Å². The largest absolute Gasteiger partial charge is 0.329 e. The van der Waals surface area contributed by atoms with E-state index >= 15 is 0 Å². The van der Waals surface area contributed by atoms with Crippen molar-refractivity contribution in [3.63, 3.8) is 0 Å². The van der Waals surface area contributed by atoms with Gasteiger partial charge in [0.25, 0.3) is 0 Å². The van der Waals surface area contributed by atoms with Crippen LogP contribution in [0.4, 0.5) is 0 Å². The summed E-state index contributed by atoms with van der Waals surface area (Å²) in [5, 5.41) is 0. The van der Waals surface area contributed by atoms with Crippen LogP contribution in [0.25, 0.3) is 0 Å². The fraction of sp³-hybridized carbons (Fsp3) is 0.500. The van der Waals surface area contributed by atoms with E-state index in [1.165, 1.54) is 5.56 Å². The molecule has 3 aliphatic carbocycles. The zero-order valence-corrected chi connectivity index (χ0v) is 8.56. The first-order chi connectivity index (χ1) is 6.12. The molecule has 0 atom stereocenters. The summed E-state index contributed by atoms with van der Waals surface area (Å²) in [5.74, 6) is 0. The highest BCUT2D eigenvalue weighted by Gasteiger charge is 2.66. The van der Waals surface area contributed by atoms with Crippen molar-refractivity contribution >= 4 is 12.4 Å². The molecular weight excluding hydrogens is 200 g/mol. The summed E-state index contributed by atoms with van der Waals surface area (Å²) in [7, 11) is 0. The van der Waals surface area contributed by atoms with Gasteiger partial charge in [0.1, 0.15) is 0 Å². The molecule has 4 rings (SSSR count). The van der Waals surface area contributed by atoms with Crippen LogP contribution >= 0.6 is 12.4 Å². The average Bonchev–Trinajstić information content (AvgIpc) is 1.97. The third-order valence-electron chi connectivity index (χ3n) is 3.46. The van der Waals surface area contributed by atoms with E-state index in [9.17, 15) is 4.79 Å². The molecule has 3 N–H and O–H groups in total. The topological polar surface area (TPSA) is 58.9 Å². The summed E-state index contributed by atoms with van der Waals surface area (Å²) < 4.78 is 0. The first kappa shape index (κ1) is 9.74. The van der Waals surface area contributed by atoms with Gasteiger partial charge < -0.3 is 10.7 Å². The minimum Gasteiger partial charge on any atom is -0.329 e. The zero-order chi connectivity index (χ0) is 9.10. The van der Waals surface area contributed by atoms with Crippen LogP contribution in [-0.4, -0.2) is 10.5 Å². The van der Waals surface area contributed by atoms with Crippen molar-refractivity contribution < 1.29 is 0 Å². The van der Waals surface area contributed by atoms with Crippen LogP contribution in [0.15, 0.2) is 23.1 Å². The van der Waals surface area contributed by atoms with Gasteiger partial charge in [0.15, 0.2) is 0 Å². The van der Waals surface area contributed by atoms with E-state index in [0.29, 0.717) is 0 Å². The van der Waals surface area contributed by atoms with E-state index in [-0.39, 0.29) is 28.9 Å². The highest BCUT2D eigenvalue weighted by atomic mass is 35.5. The Morgan fingerprint density at radius 3 is 2.50 bits per heavy atom. The third kappa shape index (κ3) is 1.06. The van der Waals surface area contributed by atoms with E-state index in [2.05, 4.69) is 4.98 Å². The molecule has 0 aromatic carbocycles. The Balaban J connectivity index is 0.000000750. The molecule has 3 fully saturated rings. The van der Waals surface area contributed by atoms with E-state index in [1.807, 2.05) is 6.07 Å². The maximum absolute atomic E-state index is 11.1. The molecule has 0 unspecified atom stereocenters. The molecule has 1 aromatic rings. The predicted octanol–water partition coefficient (Wildman–Crippen LogP) is 0.929. The normalized spacial score (nSPS) is 37.8. The van der Waals surface area contributed by atoms with Crippen molar-refractivity contribution in [3.8, 4) is 0 Å². The van der Waals surface area contributed by atoms with E-state index in [0.717, 1.165) is 19.3 Å². The molecular formula is C10H13ClN2O. The Morgan fingerprint density at radius 2 is 2.00 bits per heavy atom. The monoisotopic (exact) mass is 212 g/mol. The van der Waals surface area contributed by atoms with Gasteiger partial charge in [-0.25, -0.2) is 0 Å². The number of H-pyrrole nitrogens is 1. The highest BCUT2D eigenvalue weighted by molar-refractivity contribution is 5.85. The van der Waals surface area contributed by atoms with Crippen LogP contribution in [0, 0.1) is 0 Å². The number of halogens is 1. The molecule has 0 amide bonds. The summed E-state index contributed by atoms with van der Waals surface area (Å²) in [5.41, 5.74) is 7.51. The van der Waals surface area contributed by atoms with Gasteiger partial charge in [0, 0.05) is 23.2 Å². The van der Waals surface area contributed by atoms with Gasteiger partial charge in [-0.1, -0.05) is 0 Å². The van der Waals surface area contributed by atoms with Crippen LogP contribution in [0.2, 0.25) is 0 Å². The number of rotatable bonds is 1. The summed E-state index contributed by atoms with van der Waals surface area (Å²) in [6, 6.07) is 3.71. The first-order valence-electron chi connectivity index (χ1n) is 4.60. The molecule has 2 bridgehead atoms. The number of nitrogens with two attached hydrogens (primary N) is 1. The second-order valence-corrected chi connectivity index (χ2v) is 4.61. The average molecular weight is 213 g/mol. The minimum atomic E-state index is -0.00621. The van der Waals surface area contributed by atoms with Crippen molar-refractivity contribution in [1.29, 1.82) is 0 Å². The van der Waals surface area contributed by atoms with Gasteiger partial charge in [-0.05, 0) is 30.9 Å². The first-order valence-corrected chi connectivity index (χ1v) is 4.60. The maximum atomic E-state index is 11.1. The van der Waals surface area contributed by atoms with E-state index in [4.69, 9.17) is 5.73 Å². The van der Waals surface area contributed by atoms with Crippen molar-refractivity contribution in [2.24, 2.45) is 5.73 Å². The lowest BCUT2D eigenvalue weighted by Crippen LogP contribution is -2.74. The van der Waals surface area contributed by atoms with Crippen LogP contribution in [-0.2, 0) is 5.41 Å². The Hall–Kier alpha value is -0.800. The van der Waals surface area contributed by atoms with Gasteiger partial charge in [-0.15, -0.1) is 12.4 Å². The molecule has 0 spiro atoms. The van der Waals surface area contributed by atoms with Crippen molar-refractivity contribution in [1.82, 2.24) is 4.98 Å². The maximum Gasteiger partial charge on any atom is 0.248 e. The Morgan fingerprint density at radius 1 is 1.36 bits per heavy atom. The molecule has 76 valence electrons. The number of nitrogens with one attached hydrogen (secondary N) is 1. The second-order valence-electron chi connectivity index (χ2n) is 4.61. The lowest BCUT2D eigenvalue weighted by molar-refractivity contribution is -0.0591. The summed E-state index contributed by atoms with van der Waals surface area (Å²) in [6.07, 6.45) is 4.90. The standard InChI is InChI=1S/C10H12N2O.ClH/c11-10-4-9(5-10,6-10)7-1-2-12-8(13)3-7;/h1-3H,4-6,11H2,(H,12,13);1H. The van der Waals surface area contributed by atoms with Gasteiger partial charge in [-0.2, -0.15) is 0 Å². The summed E-state index contributed by atoms with van der Waals surface area (Å²) in [4.78, 5) is 13.7. The molecule has 1 heterocycles. The fourth-order valence-electron chi connectivity index (χ4n) is 2.95. The lowest BCUT2D eigenvalue weighted by Gasteiger charge is -2.69. The van der Waals surface area contributed by atoms with Crippen LogP contribution in [0.5, 0.6) is 0 Å². The molecule has 0 saturated heterocycles.